The van der Waals surface area contributed by atoms with Crippen LogP contribution in [0.5, 0.6) is 11.5 Å². The monoisotopic (exact) mass is 277 g/mol. The quantitative estimate of drug-likeness (QED) is 0.773. The first-order valence-corrected chi connectivity index (χ1v) is 7.63. The highest BCUT2D eigenvalue weighted by Gasteiger charge is 2.32. The molecule has 112 valence electrons. The van der Waals surface area contributed by atoms with Crippen LogP contribution in [0.1, 0.15) is 45.6 Å². The standard InChI is InChI=1S/C17H27NO2/c1-13(18-4)8-5-6-11-19-15-10-7-9-14-12-17(2,3)20-16(14)15/h7,9-10,13,18H,5-6,8,11-12H2,1-4H3. The Balaban J connectivity index is 1.82. The van der Waals surface area contributed by atoms with Crippen LogP contribution in [0.2, 0.25) is 0 Å². The highest BCUT2D eigenvalue weighted by atomic mass is 16.5. The second kappa shape index (κ2) is 6.49. The van der Waals surface area contributed by atoms with Gasteiger partial charge in [0.1, 0.15) is 5.60 Å². The molecule has 0 aromatic heterocycles. The summed E-state index contributed by atoms with van der Waals surface area (Å²) in [5, 5.41) is 3.26. The Bertz CT molecular complexity index is 443. The zero-order chi connectivity index (χ0) is 14.6. The molecule has 1 aromatic carbocycles. The van der Waals surface area contributed by atoms with Gasteiger partial charge < -0.3 is 14.8 Å². The molecule has 1 N–H and O–H groups in total. The minimum absolute atomic E-state index is 0.107. The van der Waals surface area contributed by atoms with Gasteiger partial charge in [0.15, 0.2) is 11.5 Å². The molecular weight excluding hydrogens is 250 g/mol. The van der Waals surface area contributed by atoms with E-state index < -0.39 is 0 Å². The summed E-state index contributed by atoms with van der Waals surface area (Å²) in [6.07, 6.45) is 4.41. The van der Waals surface area contributed by atoms with Gasteiger partial charge in [-0.05, 0) is 53.1 Å². The predicted molar refractivity (Wildman–Crippen MR) is 82.7 cm³/mol. The lowest BCUT2D eigenvalue weighted by molar-refractivity contribution is 0.132. The molecule has 0 bridgehead atoms. The largest absolute Gasteiger partial charge is 0.490 e. The molecule has 0 fully saturated rings. The third-order valence-electron chi connectivity index (χ3n) is 3.84. The van der Waals surface area contributed by atoms with E-state index >= 15 is 0 Å². The topological polar surface area (TPSA) is 30.5 Å². The van der Waals surface area contributed by atoms with E-state index in [9.17, 15) is 0 Å². The smallest absolute Gasteiger partial charge is 0.165 e. The number of unbranched alkanes of at least 4 members (excludes halogenated alkanes) is 1. The summed E-state index contributed by atoms with van der Waals surface area (Å²) in [5.41, 5.74) is 1.15. The molecule has 1 heterocycles. The summed E-state index contributed by atoms with van der Waals surface area (Å²) < 4.78 is 11.9. The minimum atomic E-state index is -0.107. The maximum atomic E-state index is 6.00. The average Bonchev–Trinajstić information content (AvgIpc) is 2.72. The first-order valence-electron chi connectivity index (χ1n) is 7.63. The van der Waals surface area contributed by atoms with Gasteiger partial charge in [-0.15, -0.1) is 0 Å². The predicted octanol–water partition coefficient (Wildman–Crippen LogP) is 3.56. The van der Waals surface area contributed by atoms with Crippen molar-refractivity contribution in [1.82, 2.24) is 5.32 Å². The van der Waals surface area contributed by atoms with Gasteiger partial charge >= 0.3 is 0 Å². The second-order valence-electron chi connectivity index (χ2n) is 6.32. The highest BCUT2D eigenvalue weighted by molar-refractivity contribution is 5.50. The van der Waals surface area contributed by atoms with E-state index in [0.29, 0.717) is 6.04 Å². The Labute approximate surface area is 122 Å². The van der Waals surface area contributed by atoms with Crippen molar-refractivity contribution >= 4 is 0 Å². The molecule has 1 aromatic rings. The van der Waals surface area contributed by atoms with E-state index in [2.05, 4.69) is 38.2 Å². The van der Waals surface area contributed by atoms with Crippen molar-refractivity contribution in [3.63, 3.8) is 0 Å². The normalized spacial score (nSPS) is 17.4. The van der Waals surface area contributed by atoms with Crippen LogP contribution in [0, 0.1) is 0 Å². The van der Waals surface area contributed by atoms with Crippen LogP contribution in [-0.2, 0) is 6.42 Å². The zero-order valence-corrected chi connectivity index (χ0v) is 13.2. The van der Waals surface area contributed by atoms with Gasteiger partial charge in [-0.2, -0.15) is 0 Å². The number of hydrogen-bond donors (Lipinski definition) is 1. The number of rotatable bonds is 7. The van der Waals surface area contributed by atoms with Crippen molar-refractivity contribution in [2.45, 2.75) is 58.1 Å². The van der Waals surface area contributed by atoms with Crippen molar-refractivity contribution < 1.29 is 9.47 Å². The molecule has 2 rings (SSSR count). The molecule has 20 heavy (non-hydrogen) atoms. The van der Waals surface area contributed by atoms with Crippen LogP contribution in [-0.4, -0.2) is 25.3 Å². The van der Waals surface area contributed by atoms with E-state index in [1.807, 2.05) is 13.1 Å². The van der Waals surface area contributed by atoms with Crippen LogP contribution < -0.4 is 14.8 Å². The van der Waals surface area contributed by atoms with E-state index in [4.69, 9.17) is 9.47 Å². The lowest BCUT2D eigenvalue weighted by atomic mass is 10.0. The first-order chi connectivity index (χ1) is 9.52. The van der Waals surface area contributed by atoms with Crippen LogP contribution in [0.4, 0.5) is 0 Å². The number of nitrogens with one attached hydrogen (secondary N) is 1. The van der Waals surface area contributed by atoms with Gasteiger partial charge in [-0.25, -0.2) is 0 Å². The summed E-state index contributed by atoms with van der Waals surface area (Å²) in [6, 6.07) is 6.78. The second-order valence-corrected chi connectivity index (χ2v) is 6.32. The van der Waals surface area contributed by atoms with E-state index in [1.54, 1.807) is 0 Å². The number of fused-ring (bicyclic) bond motifs is 1. The van der Waals surface area contributed by atoms with Gasteiger partial charge in [-0.1, -0.05) is 12.1 Å². The Hall–Kier alpha value is -1.22. The van der Waals surface area contributed by atoms with Crippen molar-refractivity contribution in [2.24, 2.45) is 0 Å². The maximum Gasteiger partial charge on any atom is 0.165 e. The van der Waals surface area contributed by atoms with Crippen LogP contribution in [0.15, 0.2) is 18.2 Å². The summed E-state index contributed by atoms with van der Waals surface area (Å²) in [7, 11) is 2.01. The third-order valence-corrected chi connectivity index (χ3v) is 3.84. The fourth-order valence-corrected chi connectivity index (χ4v) is 2.58. The molecule has 0 spiro atoms. The molecule has 1 unspecified atom stereocenters. The molecule has 0 saturated heterocycles. The fourth-order valence-electron chi connectivity index (χ4n) is 2.58. The summed E-state index contributed by atoms with van der Waals surface area (Å²) in [6.45, 7) is 7.21. The Kier molecular flexibility index (Phi) is 4.92. The van der Waals surface area contributed by atoms with E-state index in [0.717, 1.165) is 30.9 Å². The highest BCUT2D eigenvalue weighted by Crippen LogP contribution is 2.41. The molecule has 0 aliphatic carbocycles. The molecule has 0 amide bonds. The Morgan fingerprint density at radius 3 is 2.90 bits per heavy atom. The summed E-state index contributed by atoms with van der Waals surface area (Å²) in [4.78, 5) is 0. The average molecular weight is 277 g/mol. The number of ether oxygens (including phenoxy) is 2. The van der Waals surface area contributed by atoms with E-state index in [1.165, 1.54) is 18.4 Å². The number of benzene rings is 1. The maximum absolute atomic E-state index is 6.00. The molecule has 1 aliphatic heterocycles. The van der Waals surface area contributed by atoms with Crippen LogP contribution in [0.3, 0.4) is 0 Å². The molecule has 0 radical (unpaired) electrons. The van der Waals surface area contributed by atoms with Gasteiger partial charge in [0.25, 0.3) is 0 Å². The molecule has 3 heteroatoms. The van der Waals surface area contributed by atoms with Crippen LogP contribution in [0.25, 0.3) is 0 Å². The Morgan fingerprint density at radius 1 is 1.35 bits per heavy atom. The molecule has 0 saturated carbocycles. The lowest BCUT2D eigenvalue weighted by Crippen LogP contribution is -2.24. The Morgan fingerprint density at radius 2 is 2.15 bits per heavy atom. The molecule has 1 atom stereocenters. The van der Waals surface area contributed by atoms with Gasteiger partial charge in [0.2, 0.25) is 0 Å². The zero-order valence-electron chi connectivity index (χ0n) is 13.2. The minimum Gasteiger partial charge on any atom is -0.490 e. The van der Waals surface area contributed by atoms with Crippen LogP contribution >= 0.6 is 0 Å². The summed E-state index contributed by atoms with van der Waals surface area (Å²) >= 11 is 0. The van der Waals surface area contributed by atoms with Crippen molar-refractivity contribution in [2.75, 3.05) is 13.7 Å². The van der Waals surface area contributed by atoms with Crippen molar-refractivity contribution in [3.8, 4) is 11.5 Å². The van der Waals surface area contributed by atoms with Gasteiger partial charge in [0.05, 0.1) is 6.61 Å². The SMILES string of the molecule is CNC(C)CCCCOc1cccc2c1OC(C)(C)C2. The van der Waals surface area contributed by atoms with Crippen molar-refractivity contribution in [1.29, 1.82) is 0 Å². The number of para-hydroxylation sites is 1. The molecule has 3 nitrogen and oxygen atoms in total. The first kappa shape index (κ1) is 15.2. The summed E-state index contributed by atoms with van der Waals surface area (Å²) in [5.74, 6) is 1.84. The van der Waals surface area contributed by atoms with Crippen molar-refractivity contribution in [3.05, 3.63) is 23.8 Å². The molecule has 1 aliphatic rings. The van der Waals surface area contributed by atoms with E-state index in [-0.39, 0.29) is 5.60 Å². The van der Waals surface area contributed by atoms with Gasteiger partial charge in [0, 0.05) is 18.0 Å². The third kappa shape index (κ3) is 3.89. The molecular formula is C17H27NO2. The fraction of sp³-hybridized carbons (Fsp3) is 0.647. The lowest BCUT2D eigenvalue weighted by Gasteiger charge is -2.18. The number of hydrogen-bond acceptors (Lipinski definition) is 3. The van der Waals surface area contributed by atoms with Gasteiger partial charge in [-0.3, -0.25) is 0 Å².